The van der Waals surface area contributed by atoms with E-state index in [1.807, 2.05) is 46.7 Å². The topological polar surface area (TPSA) is 84.3 Å². The summed E-state index contributed by atoms with van der Waals surface area (Å²) in [5.74, 6) is -0.0698. The summed E-state index contributed by atoms with van der Waals surface area (Å²) < 4.78 is 28.7. The summed E-state index contributed by atoms with van der Waals surface area (Å²) in [5.41, 5.74) is 1.57. The highest BCUT2D eigenvalue weighted by Gasteiger charge is 2.35. The molecule has 2 aromatic rings. The molecule has 7 nitrogen and oxygen atoms in total. The number of sulfone groups is 1. The van der Waals surface area contributed by atoms with Crippen molar-refractivity contribution in [2.24, 2.45) is 0 Å². The molecule has 2 aliphatic rings. The lowest BCUT2D eigenvalue weighted by atomic mass is 9.95. The van der Waals surface area contributed by atoms with Crippen LogP contribution in [0.5, 0.6) is 0 Å². The van der Waals surface area contributed by atoms with Gasteiger partial charge in [0.05, 0.1) is 24.2 Å². The van der Waals surface area contributed by atoms with Crippen LogP contribution in [0.3, 0.4) is 0 Å². The van der Waals surface area contributed by atoms with Crippen molar-refractivity contribution in [3.05, 3.63) is 47.8 Å². The Kier molecular flexibility index (Phi) is 6.65. The van der Waals surface area contributed by atoms with Gasteiger partial charge in [0.2, 0.25) is 15.0 Å². The van der Waals surface area contributed by atoms with Crippen LogP contribution < -0.4 is 5.32 Å². The van der Waals surface area contributed by atoms with E-state index in [1.54, 1.807) is 6.20 Å². The molecule has 1 aromatic carbocycles. The molecule has 1 aromatic heterocycles. The number of amides is 2. The number of rotatable bonds is 8. The Morgan fingerprint density at radius 3 is 2.48 bits per heavy atom. The predicted molar refractivity (Wildman–Crippen MR) is 119 cm³/mol. The van der Waals surface area contributed by atoms with Crippen LogP contribution in [0.1, 0.15) is 69.2 Å². The van der Waals surface area contributed by atoms with E-state index in [4.69, 9.17) is 0 Å². The van der Waals surface area contributed by atoms with Crippen LogP contribution in [0.4, 0.5) is 4.79 Å². The number of aromatic nitrogens is 2. The van der Waals surface area contributed by atoms with Gasteiger partial charge in [0, 0.05) is 18.6 Å². The SMILES string of the molecule is CCNC(=O)N(Cc1cnc(S(=O)(=O)Cc2ccccc2)n1C1CCCCC1)C1CC1. The third-order valence-electron chi connectivity index (χ3n) is 6.17. The van der Waals surface area contributed by atoms with Crippen molar-refractivity contribution in [2.45, 2.75) is 81.4 Å². The van der Waals surface area contributed by atoms with Gasteiger partial charge in [0.1, 0.15) is 0 Å². The molecule has 8 heteroatoms. The number of benzene rings is 1. The van der Waals surface area contributed by atoms with Gasteiger partial charge >= 0.3 is 6.03 Å². The van der Waals surface area contributed by atoms with E-state index in [1.165, 1.54) is 6.42 Å². The lowest BCUT2D eigenvalue weighted by Crippen LogP contribution is -2.41. The first-order valence-corrected chi connectivity index (χ1v) is 13.0. The van der Waals surface area contributed by atoms with E-state index in [-0.39, 0.29) is 29.0 Å². The van der Waals surface area contributed by atoms with Crippen LogP contribution in [0.25, 0.3) is 0 Å². The number of carbonyl (C=O) groups is 1. The Labute approximate surface area is 184 Å². The average Bonchev–Trinajstić information content (AvgIpc) is 3.51. The fraction of sp³-hybridized carbons (Fsp3) is 0.565. The van der Waals surface area contributed by atoms with Crippen molar-refractivity contribution in [2.75, 3.05) is 6.54 Å². The van der Waals surface area contributed by atoms with Crippen LogP contribution in [-0.2, 0) is 22.1 Å². The molecule has 0 unspecified atom stereocenters. The third-order valence-corrected chi connectivity index (χ3v) is 7.74. The maximum Gasteiger partial charge on any atom is 0.317 e. The minimum atomic E-state index is -3.61. The highest BCUT2D eigenvalue weighted by molar-refractivity contribution is 7.90. The Hall–Kier alpha value is -2.35. The number of hydrogen-bond donors (Lipinski definition) is 1. The lowest BCUT2D eigenvalue weighted by molar-refractivity contribution is 0.189. The molecule has 0 saturated heterocycles. The van der Waals surface area contributed by atoms with E-state index in [2.05, 4.69) is 10.3 Å². The van der Waals surface area contributed by atoms with Crippen molar-refractivity contribution in [1.29, 1.82) is 0 Å². The molecule has 4 rings (SSSR count). The molecule has 0 atom stereocenters. The fourth-order valence-corrected chi connectivity index (χ4v) is 6.03. The van der Waals surface area contributed by atoms with Gasteiger partial charge < -0.3 is 14.8 Å². The van der Waals surface area contributed by atoms with Gasteiger partial charge in [-0.1, -0.05) is 49.6 Å². The first-order valence-electron chi connectivity index (χ1n) is 11.4. The maximum absolute atomic E-state index is 13.4. The van der Waals surface area contributed by atoms with Crippen molar-refractivity contribution in [1.82, 2.24) is 19.8 Å². The Balaban J connectivity index is 1.67. The smallest absolute Gasteiger partial charge is 0.317 e. The van der Waals surface area contributed by atoms with Crippen molar-refractivity contribution < 1.29 is 13.2 Å². The Bertz CT molecular complexity index is 993. The number of hydrogen-bond acceptors (Lipinski definition) is 4. The monoisotopic (exact) mass is 444 g/mol. The van der Waals surface area contributed by atoms with Gasteiger partial charge in [-0.05, 0) is 38.2 Å². The van der Waals surface area contributed by atoms with Gasteiger partial charge in [0.25, 0.3) is 0 Å². The van der Waals surface area contributed by atoms with E-state index in [0.717, 1.165) is 49.8 Å². The molecule has 0 spiro atoms. The van der Waals surface area contributed by atoms with Crippen LogP contribution >= 0.6 is 0 Å². The Morgan fingerprint density at radius 2 is 1.84 bits per heavy atom. The highest BCUT2D eigenvalue weighted by atomic mass is 32.2. The lowest BCUT2D eigenvalue weighted by Gasteiger charge is -2.29. The molecule has 2 saturated carbocycles. The molecule has 31 heavy (non-hydrogen) atoms. The zero-order valence-corrected chi connectivity index (χ0v) is 19.0. The largest absolute Gasteiger partial charge is 0.338 e. The summed E-state index contributed by atoms with van der Waals surface area (Å²) in [6.07, 6.45) is 8.90. The van der Waals surface area contributed by atoms with Gasteiger partial charge in [-0.25, -0.2) is 18.2 Å². The first-order chi connectivity index (χ1) is 15.0. The summed E-state index contributed by atoms with van der Waals surface area (Å²) in [6, 6.07) is 9.49. The fourth-order valence-electron chi connectivity index (χ4n) is 4.49. The third kappa shape index (κ3) is 5.11. The minimum absolute atomic E-state index is 0.0698. The van der Waals surface area contributed by atoms with E-state index < -0.39 is 9.84 Å². The van der Waals surface area contributed by atoms with Crippen LogP contribution in [0, 0.1) is 0 Å². The summed E-state index contributed by atoms with van der Waals surface area (Å²) in [4.78, 5) is 18.9. The second-order valence-corrected chi connectivity index (χ2v) is 10.5. The van der Waals surface area contributed by atoms with Crippen molar-refractivity contribution in [3.8, 4) is 0 Å². The molecule has 0 aliphatic heterocycles. The van der Waals surface area contributed by atoms with E-state index in [0.29, 0.717) is 13.1 Å². The maximum atomic E-state index is 13.4. The van der Waals surface area contributed by atoms with Gasteiger partial charge in [-0.2, -0.15) is 0 Å². The zero-order chi connectivity index (χ0) is 21.8. The quantitative estimate of drug-likeness (QED) is 0.666. The highest BCUT2D eigenvalue weighted by Crippen LogP contribution is 2.34. The summed E-state index contributed by atoms with van der Waals surface area (Å²) in [7, 11) is -3.61. The van der Waals surface area contributed by atoms with Gasteiger partial charge in [0.15, 0.2) is 0 Å². The number of imidazole rings is 1. The molecule has 168 valence electrons. The van der Waals surface area contributed by atoms with Gasteiger partial charge in [-0.15, -0.1) is 0 Å². The number of carbonyl (C=O) groups excluding carboxylic acids is 1. The van der Waals surface area contributed by atoms with E-state index >= 15 is 0 Å². The zero-order valence-electron chi connectivity index (χ0n) is 18.2. The second kappa shape index (κ2) is 9.42. The molecule has 2 aliphatic carbocycles. The van der Waals surface area contributed by atoms with E-state index in [9.17, 15) is 13.2 Å². The number of urea groups is 1. The average molecular weight is 445 g/mol. The van der Waals surface area contributed by atoms with Gasteiger partial charge in [-0.3, -0.25) is 0 Å². The van der Waals surface area contributed by atoms with Crippen LogP contribution in [-0.4, -0.2) is 41.5 Å². The first kappa shape index (κ1) is 21.9. The summed E-state index contributed by atoms with van der Waals surface area (Å²) in [5, 5.41) is 3.04. The Morgan fingerprint density at radius 1 is 1.13 bits per heavy atom. The molecular formula is C23H32N4O3S. The molecule has 2 fully saturated rings. The molecular weight excluding hydrogens is 412 g/mol. The normalized spacial score (nSPS) is 17.5. The molecule has 0 bridgehead atoms. The molecule has 2 amide bonds. The summed E-state index contributed by atoms with van der Waals surface area (Å²) >= 11 is 0. The molecule has 0 radical (unpaired) electrons. The molecule has 1 N–H and O–H groups in total. The van der Waals surface area contributed by atoms with Crippen LogP contribution in [0.15, 0.2) is 41.7 Å². The number of nitrogens with zero attached hydrogens (tertiary/aromatic N) is 3. The standard InChI is InChI=1S/C23H32N4O3S/c1-2-24-22(28)26(19-13-14-19)16-21-15-25-23(27(21)20-11-7-4-8-12-20)31(29,30)17-18-9-5-3-6-10-18/h3,5-6,9-10,15,19-20H,2,4,7-8,11-14,16-17H2,1H3,(H,24,28). The second-order valence-electron chi connectivity index (χ2n) is 8.63. The van der Waals surface area contributed by atoms with Crippen molar-refractivity contribution >= 4 is 15.9 Å². The summed E-state index contributed by atoms with van der Waals surface area (Å²) in [6.45, 7) is 2.87. The van der Waals surface area contributed by atoms with Crippen molar-refractivity contribution in [3.63, 3.8) is 0 Å². The minimum Gasteiger partial charge on any atom is -0.338 e. The predicted octanol–water partition coefficient (Wildman–Crippen LogP) is 4.06. The number of nitrogens with one attached hydrogen (secondary N) is 1. The molecule has 1 heterocycles. The van der Waals surface area contributed by atoms with Crippen LogP contribution in [0.2, 0.25) is 0 Å².